The van der Waals surface area contributed by atoms with Crippen LogP contribution in [-0.4, -0.2) is 45.8 Å². The van der Waals surface area contributed by atoms with Gasteiger partial charge in [-0.05, 0) is 51.3 Å². The number of amides is 2. The highest BCUT2D eigenvalue weighted by molar-refractivity contribution is 6.34. The van der Waals surface area contributed by atoms with Crippen molar-refractivity contribution in [3.63, 3.8) is 0 Å². The van der Waals surface area contributed by atoms with E-state index in [-0.39, 0.29) is 36.5 Å². The van der Waals surface area contributed by atoms with Crippen LogP contribution in [0.4, 0.5) is 5.69 Å². The summed E-state index contributed by atoms with van der Waals surface area (Å²) in [6, 6.07) is 6.85. The van der Waals surface area contributed by atoms with Crippen LogP contribution in [0.1, 0.15) is 72.5 Å². The average Bonchev–Trinajstić information content (AvgIpc) is 3.20. The Labute approximate surface area is 198 Å². The van der Waals surface area contributed by atoms with E-state index in [1.165, 1.54) is 22.1 Å². The number of aryl methyl sites for hydroxylation is 1. The lowest BCUT2D eigenvalue weighted by molar-refractivity contribution is -0.127. The third-order valence-corrected chi connectivity index (χ3v) is 6.71. The summed E-state index contributed by atoms with van der Waals surface area (Å²) in [6.45, 7) is 5.60. The summed E-state index contributed by atoms with van der Waals surface area (Å²) in [5, 5.41) is 7.82. The van der Waals surface area contributed by atoms with Crippen LogP contribution in [0.25, 0.3) is 0 Å². The van der Waals surface area contributed by atoms with Crippen molar-refractivity contribution < 1.29 is 19.1 Å². The highest BCUT2D eigenvalue weighted by Gasteiger charge is 2.50. The molecule has 0 saturated heterocycles. The molecule has 0 radical (unpaired) electrons. The molecule has 1 aromatic carbocycles. The molecule has 0 bridgehead atoms. The van der Waals surface area contributed by atoms with Crippen LogP contribution in [0.3, 0.4) is 0 Å². The third-order valence-electron chi connectivity index (χ3n) is 6.41. The molecule has 1 aromatic heterocycles. The number of aromatic nitrogens is 2. The summed E-state index contributed by atoms with van der Waals surface area (Å²) >= 11 is 6.55. The molecule has 4 rings (SSSR count). The van der Waals surface area contributed by atoms with Crippen molar-refractivity contribution in [2.45, 2.75) is 71.0 Å². The van der Waals surface area contributed by atoms with Gasteiger partial charge in [-0.3, -0.25) is 19.2 Å². The van der Waals surface area contributed by atoms with Crippen molar-refractivity contribution in [2.75, 3.05) is 11.5 Å². The van der Waals surface area contributed by atoms with Gasteiger partial charge in [0.1, 0.15) is 11.2 Å². The minimum absolute atomic E-state index is 0.0343. The van der Waals surface area contributed by atoms with Crippen LogP contribution in [0, 0.1) is 6.92 Å². The number of benzene rings is 1. The van der Waals surface area contributed by atoms with Gasteiger partial charge in [-0.1, -0.05) is 36.9 Å². The molecule has 2 aliphatic rings. The Kier molecular flexibility index (Phi) is 6.47. The molecule has 176 valence electrons. The quantitative estimate of drug-likeness (QED) is 0.666. The smallest absolute Gasteiger partial charge is 0.358 e. The zero-order chi connectivity index (χ0) is 23.8. The van der Waals surface area contributed by atoms with Gasteiger partial charge in [-0.2, -0.15) is 5.10 Å². The normalized spacial score (nSPS) is 21.0. The van der Waals surface area contributed by atoms with Gasteiger partial charge < -0.3 is 10.1 Å². The Balaban J connectivity index is 1.77. The molecule has 1 aliphatic carbocycles. The molecule has 9 heteroatoms. The molecule has 2 amide bonds. The number of hydrogen-bond donors (Lipinski definition) is 1. The van der Waals surface area contributed by atoms with E-state index in [0.29, 0.717) is 10.7 Å². The summed E-state index contributed by atoms with van der Waals surface area (Å²) in [6.07, 6.45) is 5.14. The molecule has 1 saturated carbocycles. The first-order valence-corrected chi connectivity index (χ1v) is 11.8. The topological polar surface area (TPSA) is 93.5 Å². The Morgan fingerprint density at radius 1 is 1.24 bits per heavy atom. The zero-order valence-corrected chi connectivity index (χ0v) is 19.9. The van der Waals surface area contributed by atoms with Gasteiger partial charge in [0, 0.05) is 12.1 Å². The van der Waals surface area contributed by atoms with E-state index in [1.54, 1.807) is 26.0 Å². The van der Waals surface area contributed by atoms with Crippen molar-refractivity contribution in [3.05, 3.63) is 46.2 Å². The molecular formula is C24H29ClN4O4. The first-order chi connectivity index (χ1) is 15.7. The molecule has 1 N–H and O–H groups in total. The molecule has 2 heterocycles. The minimum atomic E-state index is -1.29. The van der Waals surface area contributed by atoms with Gasteiger partial charge in [0.2, 0.25) is 5.91 Å². The molecule has 0 unspecified atom stereocenters. The molecule has 1 atom stereocenters. The zero-order valence-electron chi connectivity index (χ0n) is 19.2. The highest BCUT2D eigenvalue weighted by atomic mass is 35.5. The summed E-state index contributed by atoms with van der Waals surface area (Å²) in [4.78, 5) is 41.1. The van der Waals surface area contributed by atoms with E-state index < -0.39 is 17.4 Å². The van der Waals surface area contributed by atoms with E-state index >= 15 is 0 Å². The van der Waals surface area contributed by atoms with E-state index in [1.807, 2.05) is 13.0 Å². The number of carbonyl (C=O) groups is 3. The number of anilines is 1. The molecular weight excluding hydrogens is 444 g/mol. The summed E-state index contributed by atoms with van der Waals surface area (Å²) in [5.74, 6) is -1.32. The van der Waals surface area contributed by atoms with Crippen LogP contribution in [0.5, 0.6) is 0 Å². The second-order valence-electron chi connectivity index (χ2n) is 8.97. The van der Waals surface area contributed by atoms with Gasteiger partial charge in [0.25, 0.3) is 5.91 Å². The number of rotatable bonds is 5. The van der Waals surface area contributed by atoms with Gasteiger partial charge in [0.05, 0.1) is 23.9 Å². The number of halogens is 1. The largest absolute Gasteiger partial charge is 0.461 e. The van der Waals surface area contributed by atoms with E-state index in [0.717, 1.165) is 31.2 Å². The highest BCUT2D eigenvalue weighted by Crippen LogP contribution is 2.37. The second-order valence-corrected chi connectivity index (χ2v) is 9.38. The van der Waals surface area contributed by atoms with Crippen LogP contribution < -0.4 is 10.2 Å². The third kappa shape index (κ3) is 4.36. The van der Waals surface area contributed by atoms with E-state index in [2.05, 4.69) is 10.4 Å². The molecule has 1 aliphatic heterocycles. The van der Waals surface area contributed by atoms with Crippen molar-refractivity contribution >= 4 is 35.1 Å². The fraction of sp³-hybridized carbons (Fsp3) is 0.500. The van der Waals surface area contributed by atoms with Crippen LogP contribution >= 0.6 is 11.6 Å². The van der Waals surface area contributed by atoms with Crippen molar-refractivity contribution in [1.82, 2.24) is 15.1 Å². The van der Waals surface area contributed by atoms with Crippen molar-refractivity contribution in [1.29, 1.82) is 0 Å². The summed E-state index contributed by atoms with van der Waals surface area (Å²) in [5.41, 5.74) is 0.331. The van der Waals surface area contributed by atoms with Crippen LogP contribution in [-0.2, 0) is 16.1 Å². The molecule has 0 spiro atoms. The number of esters is 1. The van der Waals surface area contributed by atoms with Gasteiger partial charge in [-0.25, -0.2) is 4.79 Å². The number of hydrogen-bond acceptors (Lipinski definition) is 5. The first kappa shape index (κ1) is 23.3. The predicted molar refractivity (Wildman–Crippen MR) is 125 cm³/mol. The van der Waals surface area contributed by atoms with Crippen molar-refractivity contribution in [2.24, 2.45) is 0 Å². The fourth-order valence-corrected chi connectivity index (χ4v) is 4.96. The number of nitrogens with one attached hydrogen (secondary N) is 1. The first-order valence-electron chi connectivity index (χ1n) is 11.4. The molecule has 1 fully saturated rings. The Bertz CT molecular complexity index is 1090. The number of carbonyl (C=O) groups excluding carboxylic acids is 3. The SMILES string of the molecule is CCOC(=O)c1cc2n(n1)C[C@@](C)(C(=O)NC1CCCCC1)N(c1ccc(C)cc1Cl)C2=O. The lowest BCUT2D eigenvalue weighted by Gasteiger charge is -2.44. The lowest BCUT2D eigenvalue weighted by Crippen LogP contribution is -2.65. The monoisotopic (exact) mass is 472 g/mol. The predicted octanol–water partition coefficient (Wildman–Crippen LogP) is 3.89. The maximum absolute atomic E-state index is 13.7. The molecule has 8 nitrogen and oxygen atoms in total. The van der Waals surface area contributed by atoms with E-state index in [9.17, 15) is 14.4 Å². The summed E-state index contributed by atoms with van der Waals surface area (Å²) < 4.78 is 6.47. The Morgan fingerprint density at radius 2 is 1.97 bits per heavy atom. The summed E-state index contributed by atoms with van der Waals surface area (Å²) in [7, 11) is 0. The maximum Gasteiger partial charge on any atom is 0.358 e. The second kappa shape index (κ2) is 9.17. The van der Waals surface area contributed by atoms with Gasteiger partial charge in [0.15, 0.2) is 5.69 Å². The fourth-order valence-electron chi connectivity index (χ4n) is 4.64. The number of fused-ring (bicyclic) bond motifs is 1. The molecule has 2 aromatic rings. The van der Waals surface area contributed by atoms with Crippen LogP contribution in [0.2, 0.25) is 5.02 Å². The average molecular weight is 473 g/mol. The maximum atomic E-state index is 13.7. The van der Waals surface area contributed by atoms with Crippen LogP contribution in [0.15, 0.2) is 24.3 Å². The molecule has 33 heavy (non-hydrogen) atoms. The standard InChI is InChI=1S/C24H29ClN4O4/c1-4-33-22(31)18-13-20-21(30)29(19-11-10-15(2)12-17(19)25)24(3,14-28(20)27-18)23(32)26-16-8-6-5-7-9-16/h10-13,16H,4-9,14H2,1-3H3,(H,26,32)/t24-/m0/s1. The Morgan fingerprint density at radius 3 is 2.64 bits per heavy atom. The van der Waals surface area contributed by atoms with E-state index in [4.69, 9.17) is 16.3 Å². The van der Waals surface area contributed by atoms with Gasteiger partial charge in [-0.15, -0.1) is 0 Å². The Hall–Kier alpha value is -2.87. The van der Waals surface area contributed by atoms with Gasteiger partial charge >= 0.3 is 5.97 Å². The number of nitrogens with zero attached hydrogens (tertiary/aromatic N) is 3. The van der Waals surface area contributed by atoms with Crippen molar-refractivity contribution in [3.8, 4) is 0 Å². The lowest BCUT2D eigenvalue weighted by atomic mass is 9.91. The number of ether oxygens (including phenoxy) is 1. The minimum Gasteiger partial charge on any atom is -0.461 e.